The molecular formula is C72H138F6N24O18Sb6. The van der Waals surface area contributed by atoms with E-state index in [9.17, 15) is 0 Å². The second-order valence-corrected chi connectivity index (χ2v) is 31.9. The number of aryl methyl sites for hydroxylation is 24. The van der Waals surface area contributed by atoms with Crippen LogP contribution in [0.4, 0.5) is 28.2 Å². The molecule has 0 saturated heterocycles. The first-order valence-corrected chi connectivity index (χ1v) is 56.1. The summed E-state index contributed by atoms with van der Waals surface area (Å²) in [5.74, 6) is 0. The van der Waals surface area contributed by atoms with Gasteiger partial charge in [0.15, 0.2) is 0 Å². The monoisotopic (exact) mass is 2470 g/mol. The molecule has 0 fully saturated rings. The number of imidazole rings is 12. The molecule has 6 radical (unpaired) electrons. The van der Waals surface area contributed by atoms with E-state index in [4.69, 9.17) is 58.7 Å². The maximum absolute atomic E-state index is 8.60. The predicted molar refractivity (Wildman–Crippen MR) is 429 cm³/mol. The number of rotatable bonds is 12. The molecule has 42 nitrogen and oxygen atoms in total. The number of hydrogen-bond donors (Lipinski definition) is 0. The molecule has 0 aromatic carbocycles. The van der Waals surface area contributed by atoms with Crippen molar-refractivity contribution in [3.8, 4) is 0 Å². The van der Waals surface area contributed by atoms with Crippen molar-refractivity contribution in [2.24, 2.45) is 84.6 Å². The molecule has 0 N–H and O–H groups in total. The van der Waals surface area contributed by atoms with Gasteiger partial charge in [-0.3, -0.25) is 28.2 Å². The third-order valence-electron chi connectivity index (χ3n) is 14.3. The van der Waals surface area contributed by atoms with Crippen molar-refractivity contribution < 1.29 is 142 Å². The quantitative estimate of drug-likeness (QED) is 0.0623. The van der Waals surface area contributed by atoms with Crippen molar-refractivity contribution in [3.05, 3.63) is 225 Å². The first kappa shape index (κ1) is 145. The molecule has 0 aliphatic heterocycles. The van der Waals surface area contributed by atoms with Crippen LogP contribution >= 0.6 is 0 Å². The Morgan fingerprint density at radius 2 is 0.206 bits per heavy atom. The van der Waals surface area contributed by atoms with Gasteiger partial charge in [-0.25, -0.2) is 110 Å². The summed E-state index contributed by atoms with van der Waals surface area (Å²) >= 11 is -25.2. The summed E-state index contributed by atoms with van der Waals surface area (Å²) in [6, 6.07) is 0. The van der Waals surface area contributed by atoms with Crippen molar-refractivity contribution in [3.63, 3.8) is 0 Å². The summed E-state index contributed by atoms with van der Waals surface area (Å²) in [5.41, 5.74) is 0. The summed E-state index contributed by atoms with van der Waals surface area (Å²) in [6.07, 6.45) is 73.7. The normalized spacial score (nSPS) is 8.67. The van der Waals surface area contributed by atoms with E-state index in [1.807, 2.05) is 214 Å². The zero-order valence-electron chi connectivity index (χ0n) is 76.5. The van der Waals surface area contributed by atoms with Crippen LogP contribution in [0.3, 0.4) is 0 Å². The zero-order chi connectivity index (χ0) is 93.3. The summed E-state index contributed by atoms with van der Waals surface area (Å²) in [6.45, 7) is 38.2. The van der Waals surface area contributed by atoms with Crippen LogP contribution in [-0.4, -0.2) is 181 Å². The van der Waals surface area contributed by atoms with Gasteiger partial charge in [0.2, 0.25) is 75.9 Å². The fourth-order valence-electron chi connectivity index (χ4n) is 8.27. The molecule has 0 unspecified atom stereocenters. The van der Waals surface area contributed by atoms with Gasteiger partial charge in [0, 0.05) is 0 Å². The van der Waals surface area contributed by atoms with Gasteiger partial charge >= 0.3 is 185 Å². The molecule has 0 aliphatic carbocycles. The molecule has 0 amide bonds. The molecule has 0 atom stereocenters. The van der Waals surface area contributed by atoms with Crippen LogP contribution in [0.2, 0.25) is 0 Å². The summed E-state index contributed by atoms with van der Waals surface area (Å²) in [4.78, 5) is 0. The van der Waals surface area contributed by atoms with Crippen LogP contribution in [-0.2, 0) is 181 Å². The van der Waals surface area contributed by atoms with Crippen molar-refractivity contribution >= 4 is 126 Å². The van der Waals surface area contributed by atoms with Crippen molar-refractivity contribution in [1.29, 1.82) is 0 Å². The van der Waals surface area contributed by atoms with Gasteiger partial charge in [0.05, 0.1) is 163 Å². The molecule has 12 heterocycles. The Kier molecular flexibility index (Phi) is 109. The van der Waals surface area contributed by atoms with Gasteiger partial charge in [-0.05, 0) is 83.1 Å². The van der Waals surface area contributed by atoms with E-state index in [0.717, 1.165) is 78.5 Å². The Balaban J connectivity index is -0.000000110. The van der Waals surface area contributed by atoms with E-state index in [1.165, 1.54) is 0 Å². The average molecular weight is 2470 g/mol. The van der Waals surface area contributed by atoms with E-state index in [2.05, 4.69) is 288 Å². The molecule has 0 bridgehead atoms. The molecule has 12 aromatic rings. The van der Waals surface area contributed by atoms with Crippen molar-refractivity contribution in [1.82, 2.24) is 54.8 Å². The van der Waals surface area contributed by atoms with Crippen LogP contribution in [0.5, 0.6) is 0 Å². The number of aromatic nitrogens is 24. The molecule has 0 aliphatic rings. The number of halogens is 6. The standard InChI is InChI=1S/12C6H11N2.6FH.18O.6Sb/c12*1-3-8-5-4-7(2)6-8;;;;;;;;;;;;;;;;;;;;;;;;;;;;;;/h12*4-6H,3H2,1-2H3;6*1H;;;;;;;;;;;;;;;;;;;;;;;;/q12*+1;;;;;;;;;;;;;12*-1;;;;;;. The Hall–Kier alpha value is -6.67. The molecular weight excluding hydrogens is 2330 g/mol. The van der Waals surface area contributed by atoms with Crippen LogP contribution in [0.25, 0.3) is 0 Å². The second kappa shape index (κ2) is 94.4. The van der Waals surface area contributed by atoms with Crippen molar-refractivity contribution in [2.75, 3.05) is 0 Å². The first-order chi connectivity index (χ1) is 56.3. The summed E-state index contributed by atoms with van der Waals surface area (Å²) in [5, 5.41) is 0. The molecule has 0 spiro atoms. The van der Waals surface area contributed by atoms with E-state index in [-0.39, 0.29) is 28.2 Å². The van der Waals surface area contributed by atoms with E-state index >= 15 is 0 Å². The van der Waals surface area contributed by atoms with Crippen molar-refractivity contribution in [2.45, 2.75) is 162 Å². The minimum atomic E-state index is -4.20. The fraction of sp³-hybridized carbons (Fsp3) is 0.500. The van der Waals surface area contributed by atoms with Crippen LogP contribution in [0.15, 0.2) is 225 Å². The van der Waals surface area contributed by atoms with Crippen LogP contribution in [0, 0.1) is 0 Å². The van der Waals surface area contributed by atoms with E-state index in [1.54, 1.807) is 0 Å². The van der Waals surface area contributed by atoms with E-state index < -0.39 is 126 Å². The topological polar surface area (TPSA) is 485 Å². The van der Waals surface area contributed by atoms with Gasteiger partial charge in [-0.15, -0.1) is 0 Å². The second-order valence-electron chi connectivity index (χ2n) is 24.3. The molecule has 126 heavy (non-hydrogen) atoms. The van der Waals surface area contributed by atoms with Gasteiger partial charge in [-0.1, -0.05) is 0 Å². The number of hydrogen-bond acceptors (Lipinski definition) is 18. The molecule has 0 saturated carbocycles. The molecule has 54 heteroatoms. The zero-order valence-corrected chi connectivity index (χ0v) is 91.8. The Labute approximate surface area is 786 Å². The predicted octanol–water partition coefficient (Wildman–Crippen LogP) is -12.4. The molecule has 726 valence electrons. The molecule has 12 rings (SSSR count). The van der Waals surface area contributed by atoms with Gasteiger partial charge in [0.25, 0.3) is 0 Å². The first-order valence-electron chi connectivity index (χ1n) is 37.3. The Morgan fingerprint density at radius 1 is 0.159 bits per heavy atom. The van der Waals surface area contributed by atoms with Gasteiger partial charge < -0.3 is 0 Å². The van der Waals surface area contributed by atoms with Crippen LogP contribution < -0.4 is 95.4 Å². The Morgan fingerprint density at radius 3 is 0.222 bits per heavy atom. The summed E-state index contributed by atoms with van der Waals surface area (Å²) < 4.78 is 205. The third-order valence-corrected chi connectivity index (χ3v) is 14.3. The average Bonchev–Trinajstić information content (AvgIpc) is 1.93. The molecule has 12 aromatic heterocycles. The van der Waals surface area contributed by atoms with E-state index in [0.29, 0.717) is 0 Å². The Bertz CT molecular complexity index is 3550. The van der Waals surface area contributed by atoms with Gasteiger partial charge in [-0.2, -0.15) is 0 Å². The summed E-state index contributed by atoms with van der Waals surface area (Å²) in [7, 11) is 24.2. The maximum atomic E-state index is 8.60. The number of nitrogens with zero attached hydrogens (tertiary/aromatic N) is 24. The third kappa shape index (κ3) is 101. The van der Waals surface area contributed by atoms with Crippen LogP contribution in [0.1, 0.15) is 83.1 Å². The van der Waals surface area contributed by atoms with Gasteiger partial charge in [0.1, 0.15) is 149 Å². The minimum absolute atomic E-state index is 0. The SMILES string of the molecule is CCn1cc[n+](C)c1.CCn1cc[n+](C)c1.CCn1cc[n+](C)c1.CCn1cc[n+](C)c1.CCn1cc[n+](C)c1.CCn1cc[n+](C)c1.CCn1cc[n+](C)c1.CCn1cc[n+](C)c1.CCn1cc[n+](C)c1.CCn1cc[n+](C)c1.CCn1cc[n+](C)c1.CCn1cc[n+](C)c1.F.F.F.F.F.F.[O]=[Sb]([O-])[O-].[O]=[Sb]([O-])[O-].[O]=[Sb]([O-])[O-].[O]=[Sb]([O-])[O-].[O]=[Sb]([O-])[O-].[O]=[Sb]([O-])[O-]. The fourth-order valence-corrected chi connectivity index (χ4v) is 8.27.